The van der Waals surface area contributed by atoms with Gasteiger partial charge < -0.3 is 19.8 Å². The van der Waals surface area contributed by atoms with Crippen LogP contribution in [-0.2, 0) is 0 Å². The minimum Gasteiger partial charge on any atom is -0.449 e. The molecule has 9 heteroatoms. The summed E-state index contributed by atoms with van der Waals surface area (Å²) in [7, 11) is 0. The van der Waals surface area contributed by atoms with Crippen molar-refractivity contribution < 1.29 is 13.9 Å². The highest BCUT2D eigenvalue weighted by Gasteiger charge is 2.28. The third kappa shape index (κ3) is 3.53. The van der Waals surface area contributed by atoms with E-state index in [0.717, 1.165) is 10.8 Å². The van der Waals surface area contributed by atoms with E-state index < -0.39 is 0 Å². The number of anilines is 1. The van der Waals surface area contributed by atoms with Crippen LogP contribution in [0.2, 0.25) is 5.28 Å². The Labute approximate surface area is 183 Å². The largest absolute Gasteiger partial charge is 0.449 e. The van der Waals surface area contributed by atoms with Gasteiger partial charge in [-0.15, -0.1) is 0 Å². The van der Waals surface area contributed by atoms with Gasteiger partial charge in [-0.1, -0.05) is 6.92 Å². The molecule has 3 aromatic heterocycles. The first-order chi connectivity index (χ1) is 14.9. The minimum absolute atomic E-state index is 0.0402. The Kier molecular flexibility index (Phi) is 4.66. The zero-order valence-corrected chi connectivity index (χ0v) is 17.9. The Bertz CT molecular complexity index is 1320. The van der Waals surface area contributed by atoms with Crippen LogP contribution in [0, 0.1) is 12.8 Å². The second-order valence-corrected chi connectivity index (χ2v) is 8.14. The second kappa shape index (κ2) is 7.39. The molecule has 0 saturated heterocycles. The minimum atomic E-state index is -0.227. The van der Waals surface area contributed by atoms with Gasteiger partial charge in [0.1, 0.15) is 5.58 Å². The predicted octanol–water partition coefficient (Wildman–Crippen LogP) is 4.71. The molecule has 2 N–H and O–H groups in total. The standard InChI is InChI=1S/C22H20ClN5O3/c1-10-9-24-19-18-13-4-7-16(31-17-8-11(2)25-22(23)28-17)27-14(13)5-6-15(18)30-20(19)21(29)26-12(10)3/h4-8,10,12,24H,9H2,1-3H3,(H,26,29)/t10?,12-/m1/s1. The third-order valence-electron chi connectivity index (χ3n) is 5.53. The lowest BCUT2D eigenvalue weighted by Crippen LogP contribution is -2.41. The number of hydrogen-bond acceptors (Lipinski definition) is 7. The molecule has 0 fully saturated rings. The van der Waals surface area contributed by atoms with Crippen molar-refractivity contribution in [1.82, 2.24) is 20.3 Å². The maximum Gasteiger partial charge on any atom is 0.289 e. The molecule has 158 valence electrons. The van der Waals surface area contributed by atoms with E-state index in [1.165, 1.54) is 0 Å². The van der Waals surface area contributed by atoms with Crippen LogP contribution in [0.25, 0.3) is 21.9 Å². The summed E-state index contributed by atoms with van der Waals surface area (Å²) in [6, 6.07) is 9.02. The zero-order valence-electron chi connectivity index (χ0n) is 17.2. The number of amides is 1. The molecule has 4 aromatic rings. The Morgan fingerprint density at radius 2 is 1.97 bits per heavy atom. The normalized spacial score (nSPS) is 18.8. The lowest BCUT2D eigenvalue weighted by atomic mass is 10.0. The van der Waals surface area contributed by atoms with Crippen molar-refractivity contribution in [1.29, 1.82) is 0 Å². The maximum absolute atomic E-state index is 12.7. The number of halogens is 1. The van der Waals surface area contributed by atoms with Gasteiger partial charge in [-0.25, -0.2) is 9.97 Å². The number of rotatable bonds is 2. The topological polar surface area (TPSA) is 102 Å². The molecule has 0 saturated carbocycles. The van der Waals surface area contributed by atoms with Crippen molar-refractivity contribution in [3.05, 3.63) is 47.1 Å². The highest BCUT2D eigenvalue weighted by Crippen LogP contribution is 2.38. The molecule has 1 aliphatic heterocycles. The van der Waals surface area contributed by atoms with Gasteiger partial charge in [0.15, 0.2) is 0 Å². The Hall–Kier alpha value is -3.39. The van der Waals surface area contributed by atoms with E-state index in [2.05, 4.69) is 32.5 Å². The van der Waals surface area contributed by atoms with Crippen LogP contribution in [0.4, 0.5) is 5.69 Å². The summed E-state index contributed by atoms with van der Waals surface area (Å²) in [5.41, 5.74) is 2.71. The molecule has 0 spiro atoms. The number of nitrogens with zero attached hydrogens (tertiary/aromatic N) is 3. The van der Waals surface area contributed by atoms with Crippen LogP contribution in [0.15, 0.2) is 34.7 Å². The highest BCUT2D eigenvalue weighted by molar-refractivity contribution is 6.28. The van der Waals surface area contributed by atoms with E-state index in [4.69, 9.17) is 20.8 Å². The Balaban J connectivity index is 1.59. The maximum atomic E-state index is 12.7. The van der Waals surface area contributed by atoms with E-state index in [9.17, 15) is 4.79 Å². The molecule has 1 aromatic carbocycles. The summed E-state index contributed by atoms with van der Waals surface area (Å²) in [4.78, 5) is 25.4. The van der Waals surface area contributed by atoms with Gasteiger partial charge in [0.05, 0.1) is 16.6 Å². The number of pyridine rings is 1. The van der Waals surface area contributed by atoms with Crippen LogP contribution in [0.1, 0.15) is 30.1 Å². The van der Waals surface area contributed by atoms with Crippen molar-refractivity contribution in [2.24, 2.45) is 5.92 Å². The molecule has 2 atom stereocenters. The molecule has 4 heterocycles. The van der Waals surface area contributed by atoms with E-state index in [0.29, 0.717) is 40.8 Å². The average molecular weight is 438 g/mol. The van der Waals surface area contributed by atoms with Crippen molar-refractivity contribution in [2.75, 3.05) is 11.9 Å². The van der Waals surface area contributed by atoms with Crippen molar-refractivity contribution >= 4 is 45.1 Å². The molecule has 1 unspecified atom stereocenters. The molecule has 1 aliphatic rings. The lowest BCUT2D eigenvalue weighted by Gasteiger charge is -2.24. The molecule has 0 aliphatic carbocycles. The Morgan fingerprint density at radius 1 is 1.13 bits per heavy atom. The van der Waals surface area contributed by atoms with E-state index in [1.54, 1.807) is 12.1 Å². The highest BCUT2D eigenvalue weighted by atomic mass is 35.5. The van der Waals surface area contributed by atoms with Gasteiger partial charge in [-0.3, -0.25) is 4.79 Å². The fraction of sp³-hybridized carbons (Fsp3) is 0.273. The molecule has 31 heavy (non-hydrogen) atoms. The second-order valence-electron chi connectivity index (χ2n) is 7.80. The van der Waals surface area contributed by atoms with E-state index in [1.807, 2.05) is 32.0 Å². The van der Waals surface area contributed by atoms with Gasteiger partial charge in [-0.2, -0.15) is 4.98 Å². The monoisotopic (exact) mass is 437 g/mol. The van der Waals surface area contributed by atoms with Crippen molar-refractivity contribution in [2.45, 2.75) is 26.8 Å². The van der Waals surface area contributed by atoms with Gasteiger partial charge in [-0.05, 0) is 49.6 Å². The summed E-state index contributed by atoms with van der Waals surface area (Å²) in [5.74, 6) is 1.02. The van der Waals surface area contributed by atoms with Gasteiger partial charge >= 0.3 is 0 Å². The lowest BCUT2D eigenvalue weighted by molar-refractivity contribution is 0.0902. The predicted molar refractivity (Wildman–Crippen MR) is 118 cm³/mol. The summed E-state index contributed by atoms with van der Waals surface area (Å²) in [5, 5.41) is 8.22. The van der Waals surface area contributed by atoms with E-state index >= 15 is 0 Å². The molecule has 0 radical (unpaired) electrons. The average Bonchev–Trinajstić information content (AvgIpc) is 3.09. The third-order valence-corrected chi connectivity index (χ3v) is 5.70. The molecule has 0 bridgehead atoms. The number of ether oxygens (including phenoxy) is 1. The number of carbonyl (C=O) groups excluding carboxylic acids is 1. The van der Waals surface area contributed by atoms with Crippen molar-refractivity contribution in [3.63, 3.8) is 0 Å². The molecular formula is C22H20ClN5O3. The number of hydrogen-bond donors (Lipinski definition) is 2. The van der Waals surface area contributed by atoms with Gasteiger partial charge in [0, 0.05) is 35.8 Å². The number of furan rings is 1. The van der Waals surface area contributed by atoms with Crippen LogP contribution in [0.3, 0.4) is 0 Å². The number of benzene rings is 1. The molecule has 1 amide bonds. The quantitative estimate of drug-likeness (QED) is 0.438. The van der Waals surface area contributed by atoms with Gasteiger partial charge in [0.2, 0.25) is 22.8 Å². The first kappa shape index (κ1) is 19.6. The molecular weight excluding hydrogens is 418 g/mol. The smallest absolute Gasteiger partial charge is 0.289 e. The van der Waals surface area contributed by atoms with Crippen molar-refractivity contribution in [3.8, 4) is 11.8 Å². The first-order valence-electron chi connectivity index (χ1n) is 9.99. The summed E-state index contributed by atoms with van der Waals surface area (Å²) in [6.45, 7) is 6.60. The SMILES string of the molecule is Cc1cc(Oc2ccc3c(ccc4oc5c(c43)NCC(C)[C@@H](C)NC5=O)n2)nc(Cl)n1. The Morgan fingerprint density at radius 3 is 2.77 bits per heavy atom. The van der Waals surface area contributed by atoms with Crippen LogP contribution in [-0.4, -0.2) is 33.4 Å². The number of aryl methyl sites for hydroxylation is 1. The number of aromatic nitrogens is 3. The molecule has 8 nitrogen and oxygen atoms in total. The molecule has 5 rings (SSSR count). The zero-order chi connectivity index (χ0) is 21.7. The van der Waals surface area contributed by atoms with Crippen LogP contribution in [0.5, 0.6) is 11.8 Å². The van der Waals surface area contributed by atoms with Crippen LogP contribution >= 0.6 is 11.6 Å². The van der Waals surface area contributed by atoms with Gasteiger partial charge in [0.25, 0.3) is 5.91 Å². The fourth-order valence-electron chi connectivity index (χ4n) is 3.69. The van der Waals surface area contributed by atoms with E-state index in [-0.39, 0.29) is 28.9 Å². The van der Waals surface area contributed by atoms with Crippen LogP contribution < -0.4 is 15.4 Å². The number of carbonyl (C=O) groups is 1. The summed E-state index contributed by atoms with van der Waals surface area (Å²) < 4.78 is 11.7. The number of fused-ring (bicyclic) bond motifs is 5. The number of nitrogens with one attached hydrogen (secondary N) is 2. The summed E-state index contributed by atoms with van der Waals surface area (Å²) in [6.07, 6.45) is 0. The summed E-state index contributed by atoms with van der Waals surface area (Å²) >= 11 is 5.92. The first-order valence-corrected chi connectivity index (χ1v) is 10.4. The fourth-order valence-corrected chi connectivity index (χ4v) is 3.90.